The van der Waals surface area contributed by atoms with E-state index in [1.54, 1.807) is 49.6 Å². The van der Waals surface area contributed by atoms with Crippen molar-refractivity contribution in [3.8, 4) is 17.2 Å². The van der Waals surface area contributed by atoms with E-state index in [0.29, 0.717) is 30.3 Å². The van der Waals surface area contributed by atoms with Crippen LogP contribution >= 0.6 is 0 Å². The number of carbonyl (C=O) groups is 2. The van der Waals surface area contributed by atoms with E-state index in [1.165, 1.54) is 6.08 Å². The summed E-state index contributed by atoms with van der Waals surface area (Å²) in [6.07, 6.45) is 4.83. The number of esters is 2. The van der Waals surface area contributed by atoms with E-state index in [4.69, 9.17) is 18.9 Å². The molecule has 0 atom stereocenters. The molecule has 2 aromatic carbocycles. The predicted octanol–water partition coefficient (Wildman–Crippen LogP) is 4.89. The molecule has 30 heavy (non-hydrogen) atoms. The lowest BCUT2D eigenvalue weighted by Crippen LogP contribution is -2.08. The van der Waals surface area contributed by atoms with Gasteiger partial charge in [0.05, 0.1) is 25.9 Å². The molecule has 0 unspecified atom stereocenters. The number of hydrogen-bond donors (Lipinski definition) is 0. The van der Waals surface area contributed by atoms with Crippen LogP contribution in [0.1, 0.15) is 41.6 Å². The first-order chi connectivity index (χ1) is 14.5. The predicted molar refractivity (Wildman–Crippen MR) is 114 cm³/mol. The Morgan fingerprint density at radius 1 is 0.933 bits per heavy atom. The molecule has 0 amide bonds. The van der Waals surface area contributed by atoms with Gasteiger partial charge in [0.15, 0.2) is 0 Å². The van der Waals surface area contributed by atoms with Crippen molar-refractivity contribution >= 4 is 11.9 Å². The van der Waals surface area contributed by atoms with Gasteiger partial charge in [0, 0.05) is 6.08 Å². The van der Waals surface area contributed by atoms with Crippen molar-refractivity contribution in [1.82, 2.24) is 0 Å². The summed E-state index contributed by atoms with van der Waals surface area (Å²) in [5, 5.41) is 0. The monoisotopic (exact) mass is 412 g/mol. The number of ether oxygens (including phenoxy) is 4. The van der Waals surface area contributed by atoms with E-state index in [0.717, 1.165) is 37.0 Å². The molecular weight excluding hydrogens is 384 g/mol. The lowest BCUT2D eigenvalue weighted by Gasteiger charge is -2.09. The Labute approximate surface area is 177 Å². The number of rotatable bonds is 12. The Morgan fingerprint density at radius 2 is 1.60 bits per heavy atom. The third-order valence-corrected chi connectivity index (χ3v) is 4.39. The fraction of sp³-hybridized carbons (Fsp3) is 0.333. The van der Waals surface area contributed by atoms with Crippen molar-refractivity contribution in [3.63, 3.8) is 0 Å². The van der Waals surface area contributed by atoms with Gasteiger partial charge in [-0.25, -0.2) is 9.59 Å². The maximum Gasteiger partial charge on any atom is 0.343 e. The van der Waals surface area contributed by atoms with Crippen LogP contribution in [-0.4, -0.2) is 32.3 Å². The van der Waals surface area contributed by atoms with Gasteiger partial charge >= 0.3 is 11.9 Å². The summed E-state index contributed by atoms with van der Waals surface area (Å²) in [5.74, 6) is 1.10. The van der Waals surface area contributed by atoms with Gasteiger partial charge in [0.2, 0.25) is 0 Å². The molecule has 0 aliphatic heterocycles. The summed E-state index contributed by atoms with van der Waals surface area (Å²) < 4.78 is 21.2. The zero-order valence-corrected chi connectivity index (χ0v) is 17.5. The molecule has 6 nitrogen and oxygen atoms in total. The third kappa shape index (κ3) is 7.62. The number of aryl methyl sites for hydroxylation is 1. The molecule has 0 saturated heterocycles. The molecule has 0 bridgehead atoms. The largest absolute Gasteiger partial charge is 0.496 e. The molecule has 0 heterocycles. The summed E-state index contributed by atoms with van der Waals surface area (Å²) in [6, 6.07) is 12.1. The molecule has 0 fully saturated rings. The SMILES string of the molecule is C=CC(=O)OCCCCCCOc1ccc(C(=O)Oc2ccc(OC)c(C)c2)cc1. The highest BCUT2D eigenvalue weighted by Crippen LogP contribution is 2.24. The van der Waals surface area contributed by atoms with E-state index in [2.05, 4.69) is 6.58 Å². The van der Waals surface area contributed by atoms with Gasteiger partial charge in [-0.05, 0) is 80.6 Å². The molecule has 0 aliphatic carbocycles. The molecule has 0 radical (unpaired) electrons. The second-order valence-corrected chi connectivity index (χ2v) is 6.68. The highest BCUT2D eigenvalue weighted by molar-refractivity contribution is 5.91. The summed E-state index contributed by atoms with van der Waals surface area (Å²) in [7, 11) is 1.60. The summed E-state index contributed by atoms with van der Waals surface area (Å²) in [4.78, 5) is 23.2. The van der Waals surface area contributed by atoms with E-state index < -0.39 is 5.97 Å². The average Bonchev–Trinajstić information content (AvgIpc) is 2.75. The van der Waals surface area contributed by atoms with Gasteiger partial charge in [0.1, 0.15) is 17.2 Å². The molecule has 6 heteroatoms. The Kier molecular flexibility index (Phi) is 9.45. The van der Waals surface area contributed by atoms with Gasteiger partial charge in [-0.2, -0.15) is 0 Å². The molecule has 160 valence electrons. The van der Waals surface area contributed by atoms with Gasteiger partial charge in [-0.3, -0.25) is 0 Å². The normalized spacial score (nSPS) is 10.2. The number of unbranched alkanes of at least 4 members (excludes halogenated alkanes) is 3. The van der Waals surface area contributed by atoms with Crippen LogP contribution in [0.5, 0.6) is 17.2 Å². The highest BCUT2D eigenvalue weighted by atomic mass is 16.5. The van der Waals surface area contributed by atoms with Crippen molar-refractivity contribution in [2.45, 2.75) is 32.6 Å². The maximum absolute atomic E-state index is 12.3. The molecule has 2 aromatic rings. The van der Waals surface area contributed by atoms with Crippen molar-refractivity contribution in [3.05, 3.63) is 66.2 Å². The number of methoxy groups -OCH3 is 1. The zero-order chi connectivity index (χ0) is 21.8. The van der Waals surface area contributed by atoms with Crippen LogP contribution in [0, 0.1) is 6.92 Å². The lowest BCUT2D eigenvalue weighted by atomic mass is 10.2. The molecule has 0 aliphatic rings. The molecule has 0 N–H and O–H groups in total. The summed E-state index contributed by atoms with van der Waals surface area (Å²) in [6.45, 7) is 6.24. The molecular formula is C24H28O6. The first kappa shape index (κ1) is 23.0. The van der Waals surface area contributed by atoms with Gasteiger partial charge in [-0.15, -0.1) is 0 Å². The van der Waals surface area contributed by atoms with Gasteiger partial charge < -0.3 is 18.9 Å². The lowest BCUT2D eigenvalue weighted by molar-refractivity contribution is -0.137. The summed E-state index contributed by atoms with van der Waals surface area (Å²) in [5.41, 5.74) is 1.34. The van der Waals surface area contributed by atoms with E-state index in [1.807, 2.05) is 6.92 Å². The molecule has 0 saturated carbocycles. The Hall–Kier alpha value is -3.28. The van der Waals surface area contributed by atoms with Crippen LogP contribution in [-0.2, 0) is 9.53 Å². The van der Waals surface area contributed by atoms with E-state index in [9.17, 15) is 9.59 Å². The standard InChI is InChI=1S/C24H28O6/c1-4-23(25)29-16-8-6-5-7-15-28-20-11-9-19(10-12-20)24(26)30-21-13-14-22(27-3)18(2)17-21/h4,9-14,17H,1,5-8,15-16H2,2-3H3. The highest BCUT2D eigenvalue weighted by Gasteiger charge is 2.10. The molecule has 2 rings (SSSR count). The van der Waals surface area contributed by atoms with Crippen LogP contribution in [0.4, 0.5) is 0 Å². The fourth-order valence-corrected chi connectivity index (χ4v) is 2.75. The molecule has 0 spiro atoms. The first-order valence-electron chi connectivity index (χ1n) is 9.92. The Morgan fingerprint density at radius 3 is 2.23 bits per heavy atom. The Balaban J connectivity index is 1.69. The fourth-order valence-electron chi connectivity index (χ4n) is 2.75. The Bertz CT molecular complexity index is 841. The topological polar surface area (TPSA) is 71.1 Å². The smallest absolute Gasteiger partial charge is 0.343 e. The second-order valence-electron chi connectivity index (χ2n) is 6.68. The molecule has 0 aromatic heterocycles. The minimum Gasteiger partial charge on any atom is -0.496 e. The van der Waals surface area contributed by atoms with Crippen LogP contribution in [0.2, 0.25) is 0 Å². The van der Waals surface area contributed by atoms with Crippen molar-refractivity contribution in [1.29, 1.82) is 0 Å². The second kappa shape index (κ2) is 12.3. The van der Waals surface area contributed by atoms with Crippen LogP contribution in [0.15, 0.2) is 55.1 Å². The number of benzene rings is 2. The minimum absolute atomic E-state index is 0.384. The summed E-state index contributed by atoms with van der Waals surface area (Å²) >= 11 is 0. The number of hydrogen-bond acceptors (Lipinski definition) is 6. The maximum atomic E-state index is 12.3. The average molecular weight is 412 g/mol. The van der Waals surface area contributed by atoms with E-state index >= 15 is 0 Å². The van der Waals surface area contributed by atoms with Gasteiger partial charge in [0.25, 0.3) is 0 Å². The van der Waals surface area contributed by atoms with Crippen molar-refractivity contribution < 1.29 is 28.5 Å². The van der Waals surface area contributed by atoms with Crippen LogP contribution < -0.4 is 14.2 Å². The van der Waals surface area contributed by atoms with Crippen molar-refractivity contribution in [2.75, 3.05) is 20.3 Å². The van der Waals surface area contributed by atoms with Gasteiger partial charge in [-0.1, -0.05) is 6.58 Å². The van der Waals surface area contributed by atoms with Crippen LogP contribution in [0.25, 0.3) is 0 Å². The quantitative estimate of drug-likeness (QED) is 0.214. The van der Waals surface area contributed by atoms with E-state index in [-0.39, 0.29) is 5.97 Å². The zero-order valence-electron chi connectivity index (χ0n) is 17.5. The van der Waals surface area contributed by atoms with Crippen molar-refractivity contribution in [2.24, 2.45) is 0 Å². The number of carbonyl (C=O) groups excluding carboxylic acids is 2. The first-order valence-corrected chi connectivity index (χ1v) is 9.92. The third-order valence-electron chi connectivity index (χ3n) is 4.39. The van der Waals surface area contributed by atoms with Crippen LogP contribution in [0.3, 0.4) is 0 Å². The minimum atomic E-state index is -0.428.